The first-order valence-electron chi connectivity index (χ1n) is 6.47. The fourth-order valence-corrected chi connectivity index (χ4v) is 2.29. The van der Waals surface area contributed by atoms with Gasteiger partial charge in [-0.15, -0.1) is 0 Å². The van der Waals surface area contributed by atoms with Gasteiger partial charge in [0.15, 0.2) is 5.65 Å². The van der Waals surface area contributed by atoms with Gasteiger partial charge < -0.3 is 4.57 Å². The van der Waals surface area contributed by atoms with Gasteiger partial charge in [-0.05, 0) is 33.8 Å². The summed E-state index contributed by atoms with van der Waals surface area (Å²) in [7, 11) is 0. The Morgan fingerprint density at radius 2 is 1.67 bits per heavy atom. The van der Waals surface area contributed by atoms with Gasteiger partial charge in [-0.1, -0.05) is 20.8 Å². The highest BCUT2D eigenvalue weighted by atomic mass is 15.1. The number of hydrogen-bond acceptors (Lipinski definition) is 2. The predicted molar refractivity (Wildman–Crippen MR) is 76.0 cm³/mol. The summed E-state index contributed by atoms with van der Waals surface area (Å²) >= 11 is 0. The second-order valence-electron chi connectivity index (χ2n) is 7.01. The molecule has 0 aliphatic carbocycles. The molecule has 2 heterocycles. The van der Waals surface area contributed by atoms with Gasteiger partial charge in [0.25, 0.3) is 0 Å². The maximum atomic E-state index is 4.83. The predicted octanol–water partition coefficient (Wildman–Crippen LogP) is 3.79. The fourth-order valence-electron chi connectivity index (χ4n) is 2.29. The maximum absolute atomic E-state index is 4.83. The molecule has 18 heavy (non-hydrogen) atoms. The summed E-state index contributed by atoms with van der Waals surface area (Å²) in [6, 6.07) is 2.11. The van der Waals surface area contributed by atoms with Gasteiger partial charge in [-0.2, -0.15) is 0 Å². The van der Waals surface area contributed by atoms with Crippen molar-refractivity contribution in [3.63, 3.8) is 0 Å². The minimum atomic E-state index is 0.0248. The van der Waals surface area contributed by atoms with Gasteiger partial charge in [-0.3, -0.25) is 4.98 Å². The first kappa shape index (κ1) is 13.1. The highest BCUT2D eigenvalue weighted by Gasteiger charge is 2.22. The molecule has 2 aromatic rings. The van der Waals surface area contributed by atoms with Gasteiger partial charge in [0.05, 0.1) is 5.69 Å². The van der Waals surface area contributed by atoms with Crippen LogP contribution in [0.2, 0.25) is 0 Å². The molecular weight excluding hydrogens is 222 g/mol. The van der Waals surface area contributed by atoms with E-state index in [1.807, 2.05) is 6.20 Å². The molecule has 0 saturated carbocycles. The van der Waals surface area contributed by atoms with E-state index in [2.05, 4.69) is 64.1 Å². The average Bonchev–Trinajstić information content (AvgIpc) is 2.49. The summed E-state index contributed by atoms with van der Waals surface area (Å²) in [5.41, 5.74) is 4.28. The lowest BCUT2D eigenvalue weighted by molar-refractivity contribution is 0.400. The van der Waals surface area contributed by atoms with Crippen molar-refractivity contribution in [1.29, 1.82) is 0 Å². The van der Waals surface area contributed by atoms with Crippen molar-refractivity contribution in [2.75, 3.05) is 0 Å². The number of rotatable bonds is 0. The van der Waals surface area contributed by atoms with E-state index in [1.165, 1.54) is 5.69 Å². The number of aryl methyl sites for hydroxylation is 1. The third kappa shape index (κ3) is 2.14. The van der Waals surface area contributed by atoms with E-state index in [1.54, 1.807) is 0 Å². The molecule has 3 nitrogen and oxygen atoms in total. The molecule has 0 atom stereocenters. The van der Waals surface area contributed by atoms with Crippen molar-refractivity contribution in [2.45, 2.75) is 59.4 Å². The molecule has 0 unspecified atom stereocenters. The normalized spacial score (nSPS) is 13.3. The van der Waals surface area contributed by atoms with Crippen molar-refractivity contribution in [3.05, 3.63) is 23.7 Å². The summed E-state index contributed by atoms with van der Waals surface area (Å²) in [6.07, 6.45) is 1.90. The van der Waals surface area contributed by atoms with Crippen molar-refractivity contribution < 1.29 is 0 Å². The van der Waals surface area contributed by atoms with E-state index >= 15 is 0 Å². The van der Waals surface area contributed by atoms with Gasteiger partial charge in [0.1, 0.15) is 5.52 Å². The van der Waals surface area contributed by atoms with Crippen LogP contribution in [-0.4, -0.2) is 14.5 Å². The van der Waals surface area contributed by atoms with Crippen molar-refractivity contribution >= 4 is 11.2 Å². The van der Waals surface area contributed by atoms with Gasteiger partial charge in [0, 0.05) is 22.8 Å². The Hall–Kier alpha value is -1.38. The first-order chi connectivity index (χ1) is 8.10. The van der Waals surface area contributed by atoms with Crippen LogP contribution in [-0.2, 0) is 11.0 Å². The summed E-state index contributed by atoms with van der Waals surface area (Å²) in [5.74, 6) is 0. The van der Waals surface area contributed by atoms with E-state index < -0.39 is 0 Å². The molecule has 0 aliphatic rings. The summed E-state index contributed by atoms with van der Waals surface area (Å²) < 4.78 is 2.27. The number of hydrogen-bond donors (Lipinski definition) is 0. The molecule has 0 aliphatic heterocycles. The molecule has 2 aromatic heterocycles. The highest BCUT2D eigenvalue weighted by molar-refractivity contribution is 5.73. The minimum absolute atomic E-state index is 0.0248. The number of aromatic nitrogens is 3. The molecule has 0 saturated heterocycles. The number of fused-ring (bicyclic) bond motifs is 1. The summed E-state index contributed by atoms with van der Waals surface area (Å²) in [5, 5.41) is 0. The van der Waals surface area contributed by atoms with Crippen LogP contribution in [0, 0.1) is 6.92 Å². The lowest BCUT2D eigenvalue weighted by atomic mass is 9.93. The van der Waals surface area contributed by atoms with Crippen LogP contribution >= 0.6 is 0 Å². The molecule has 0 spiro atoms. The zero-order valence-electron chi connectivity index (χ0n) is 12.5. The zero-order valence-corrected chi connectivity index (χ0v) is 12.5. The standard InChI is InChI=1S/C15H23N3/c1-10-8-11-13(18(10)15(5,6)7)17-12(9-16-11)14(2,3)4/h8-9H,1-7H3. The Morgan fingerprint density at radius 3 is 2.17 bits per heavy atom. The molecule has 0 bridgehead atoms. The molecule has 0 aromatic carbocycles. The van der Waals surface area contributed by atoms with Crippen molar-refractivity contribution in [3.8, 4) is 0 Å². The van der Waals surface area contributed by atoms with Crippen molar-refractivity contribution in [2.24, 2.45) is 0 Å². The molecule has 0 amide bonds. The monoisotopic (exact) mass is 245 g/mol. The lowest BCUT2D eigenvalue weighted by Gasteiger charge is -2.25. The van der Waals surface area contributed by atoms with E-state index in [0.717, 1.165) is 16.9 Å². The third-order valence-electron chi connectivity index (χ3n) is 3.13. The van der Waals surface area contributed by atoms with Gasteiger partial charge >= 0.3 is 0 Å². The Labute approximate surface area is 109 Å². The van der Waals surface area contributed by atoms with Crippen LogP contribution in [0.15, 0.2) is 12.3 Å². The van der Waals surface area contributed by atoms with Crippen LogP contribution in [0.4, 0.5) is 0 Å². The van der Waals surface area contributed by atoms with Crippen LogP contribution < -0.4 is 0 Å². The third-order valence-corrected chi connectivity index (χ3v) is 3.13. The average molecular weight is 245 g/mol. The second kappa shape index (κ2) is 3.81. The molecule has 2 rings (SSSR count). The number of nitrogens with zero attached hydrogens (tertiary/aromatic N) is 3. The van der Waals surface area contributed by atoms with Gasteiger partial charge in [0.2, 0.25) is 0 Å². The molecule has 0 N–H and O–H groups in total. The van der Waals surface area contributed by atoms with Crippen LogP contribution in [0.5, 0.6) is 0 Å². The quantitative estimate of drug-likeness (QED) is 0.707. The van der Waals surface area contributed by atoms with Crippen LogP contribution in [0.3, 0.4) is 0 Å². The fraction of sp³-hybridized carbons (Fsp3) is 0.600. The zero-order chi connectivity index (χ0) is 13.7. The molecule has 0 radical (unpaired) electrons. The minimum Gasteiger partial charge on any atom is -0.323 e. The lowest BCUT2D eigenvalue weighted by Crippen LogP contribution is -2.24. The molecule has 0 fully saturated rings. The highest BCUT2D eigenvalue weighted by Crippen LogP contribution is 2.27. The van der Waals surface area contributed by atoms with Crippen molar-refractivity contribution in [1.82, 2.24) is 14.5 Å². The maximum Gasteiger partial charge on any atom is 0.159 e. The van der Waals surface area contributed by atoms with E-state index in [9.17, 15) is 0 Å². The molecular formula is C15H23N3. The first-order valence-corrected chi connectivity index (χ1v) is 6.47. The molecule has 3 heteroatoms. The second-order valence-corrected chi connectivity index (χ2v) is 7.01. The topological polar surface area (TPSA) is 30.7 Å². The Morgan fingerprint density at radius 1 is 1.06 bits per heavy atom. The van der Waals surface area contributed by atoms with Crippen LogP contribution in [0.1, 0.15) is 52.9 Å². The SMILES string of the molecule is Cc1cc2ncc(C(C)(C)C)nc2n1C(C)(C)C. The molecule has 98 valence electrons. The summed E-state index contributed by atoms with van der Waals surface area (Å²) in [6.45, 7) is 15.2. The van der Waals surface area contributed by atoms with E-state index in [4.69, 9.17) is 4.98 Å². The Bertz CT molecular complexity index is 580. The van der Waals surface area contributed by atoms with Crippen LogP contribution in [0.25, 0.3) is 11.2 Å². The van der Waals surface area contributed by atoms with Gasteiger partial charge in [-0.25, -0.2) is 4.98 Å². The largest absolute Gasteiger partial charge is 0.323 e. The summed E-state index contributed by atoms with van der Waals surface area (Å²) in [4.78, 5) is 9.39. The smallest absolute Gasteiger partial charge is 0.159 e. The Kier molecular flexibility index (Phi) is 2.76. The van der Waals surface area contributed by atoms with E-state index in [0.29, 0.717) is 0 Å². The van der Waals surface area contributed by atoms with E-state index in [-0.39, 0.29) is 11.0 Å². The Balaban J connectivity index is 2.76.